The van der Waals surface area contributed by atoms with Crippen molar-refractivity contribution in [1.29, 1.82) is 0 Å². The summed E-state index contributed by atoms with van der Waals surface area (Å²) in [6.07, 6.45) is 0.318. The molecular weight excluding hydrogens is 354 g/mol. The second kappa shape index (κ2) is 7.11. The molecule has 6 nitrogen and oxygen atoms in total. The molecule has 1 aromatic heterocycles. The molecule has 7 heteroatoms. The number of esters is 1. The van der Waals surface area contributed by atoms with Gasteiger partial charge in [-0.05, 0) is 26.0 Å². The second-order valence-corrected chi connectivity index (χ2v) is 6.87. The van der Waals surface area contributed by atoms with Crippen LogP contribution in [0.4, 0.5) is 0 Å². The summed E-state index contributed by atoms with van der Waals surface area (Å²) in [6, 6.07) is 9.91. The van der Waals surface area contributed by atoms with Crippen molar-refractivity contribution < 1.29 is 14.3 Å². The van der Waals surface area contributed by atoms with Gasteiger partial charge in [-0.1, -0.05) is 18.2 Å². The van der Waals surface area contributed by atoms with E-state index in [2.05, 4.69) is 5.10 Å². The Hall–Kier alpha value is -2.34. The van der Waals surface area contributed by atoms with Crippen LogP contribution in [0.3, 0.4) is 0 Å². The first-order valence-corrected chi connectivity index (χ1v) is 8.59. The summed E-state index contributed by atoms with van der Waals surface area (Å²) in [4.78, 5) is 26.2. The maximum Gasteiger partial charge on any atom is 0.311 e. The summed E-state index contributed by atoms with van der Waals surface area (Å²) in [6.45, 7) is 5.46. The van der Waals surface area contributed by atoms with Crippen LogP contribution in [0.2, 0.25) is 0 Å². The number of nitrogens with zero attached hydrogens (tertiary/aromatic N) is 3. The van der Waals surface area contributed by atoms with E-state index in [9.17, 15) is 9.59 Å². The highest BCUT2D eigenvalue weighted by Gasteiger charge is 2.45. The van der Waals surface area contributed by atoms with Gasteiger partial charge in [0.2, 0.25) is 5.91 Å². The molecule has 0 N–H and O–H groups in total. The first-order valence-electron chi connectivity index (χ1n) is 8.59. The minimum atomic E-state index is -0.162. The molecule has 2 fully saturated rings. The topological polar surface area (TPSA) is 64.4 Å². The van der Waals surface area contributed by atoms with Gasteiger partial charge in [0, 0.05) is 30.3 Å². The number of cyclic esters (lactones) is 1. The van der Waals surface area contributed by atoms with Crippen molar-refractivity contribution in [2.75, 3.05) is 19.7 Å². The molecule has 2 aliphatic heterocycles. The number of benzene rings is 1. The van der Waals surface area contributed by atoms with E-state index in [1.165, 1.54) is 0 Å². The number of aryl methyl sites for hydroxylation is 1. The Morgan fingerprint density at radius 3 is 2.65 bits per heavy atom. The van der Waals surface area contributed by atoms with Crippen molar-refractivity contribution in [2.45, 2.75) is 20.3 Å². The molecular formula is C19H22ClN3O3. The molecule has 0 aliphatic carbocycles. The van der Waals surface area contributed by atoms with Gasteiger partial charge in [0.15, 0.2) is 0 Å². The van der Waals surface area contributed by atoms with Crippen LogP contribution < -0.4 is 0 Å². The summed E-state index contributed by atoms with van der Waals surface area (Å²) >= 11 is 0. The van der Waals surface area contributed by atoms with Crippen LogP contribution in [0.25, 0.3) is 5.69 Å². The number of halogens is 1. The smallest absolute Gasteiger partial charge is 0.311 e. The van der Waals surface area contributed by atoms with E-state index in [-0.39, 0.29) is 36.1 Å². The fraction of sp³-hybridized carbons (Fsp3) is 0.421. The van der Waals surface area contributed by atoms with Crippen LogP contribution in [-0.4, -0.2) is 46.3 Å². The number of carbonyl (C=O) groups is 2. The van der Waals surface area contributed by atoms with Gasteiger partial charge >= 0.3 is 5.97 Å². The van der Waals surface area contributed by atoms with E-state index in [0.717, 1.165) is 22.6 Å². The molecule has 0 radical (unpaired) electrons. The summed E-state index contributed by atoms with van der Waals surface area (Å²) in [5.41, 5.74) is 3.80. The van der Waals surface area contributed by atoms with Crippen molar-refractivity contribution in [3.8, 4) is 5.69 Å². The number of para-hydroxylation sites is 1. The van der Waals surface area contributed by atoms with E-state index in [4.69, 9.17) is 4.74 Å². The van der Waals surface area contributed by atoms with Gasteiger partial charge in [0.25, 0.3) is 0 Å². The zero-order valence-electron chi connectivity index (χ0n) is 14.8. The van der Waals surface area contributed by atoms with E-state index in [0.29, 0.717) is 26.1 Å². The SMILES string of the molecule is Cc1nn(-c2ccccc2)c(C)c1CC(=O)N1C[C@@H]2COC(=O)[C@@H]2C1.Cl. The average molecular weight is 376 g/mol. The van der Waals surface area contributed by atoms with Crippen molar-refractivity contribution in [1.82, 2.24) is 14.7 Å². The molecule has 3 heterocycles. The van der Waals surface area contributed by atoms with Gasteiger partial charge in [0.1, 0.15) is 0 Å². The Kier molecular flexibility index (Phi) is 5.05. The predicted molar refractivity (Wildman–Crippen MR) is 98.5 cm³/mol. The van der Waals surface area contributed by atoms with Gasteiger partial charge in [-0.2, -0.15) is 5.10 Å². The second-order valence-electron chi connectivity index (χ2n) is 6.87. The monoisotopic (exact) mass is 375 g/mol. The van der Waals surface area contributed by atoms with E-state index >= 15 is 0 Å². The number of fused-ring (bicyclic) bond motifs is 1. The summed E-state index contributed by atoms with van der Waals surface area (Å²) in [5.74, 6) is -0.0885. The molecule has 0 unspecified atom stereocenters. The molecule has 0 saturated carbocycles. The molecule has 2 atom stereocenters. The number of amides is 1. The Morgan fingerprint density at radius 1 is 1.23 bits per heavy atom. The van der Waals surface area contributed by atoms with Crippen LogP contribution in [0.5, 0.6) is 0 Å². The molecule has 2 saturated heterocycles. The largest absolute Gasteiger partial charge is 0.465 e. The highest BCUT2D eigenvalue weighted by atomic mass is 35.5. The highest BCUT2D eigenvalue weighted by molar-refractivity contribution is 5.85. The molecule has 2 aromatic rings. The lowest BCUT2D eigenvalue weighted by Crippen LogP contribution is -2.32. The summed E-state index contributed by atoms with van der Waals surface area (Å²) < 4.78 is 6.95. The lowest BCUT2D eigenvalue weighted by atomic mass is 10.0. The quantitative estimate of drug-likeness (QED) is 0.770. The van der Waals surface area contributed by atoms with Crippen molar-refractivity contribution in [3.63, 3.8) is 0 Å². The summed E-state index contributed by atoms with van der Waals surface area (Å²) in [7, 11) is 0. The fourth-order valence-electron chi connectivity index (χ4n) is 3.82. The first kappa shape index (κ1) is 18.5. The molecule has 1 amide bonds. The number of hydrogen-bond acceptors (Lipinski definition) is 4. The minimum Gasteiger partial charge on any atom is -0.465 e. The van der Waals surface area contributed by atoms with Crippen LogP contribution in [-0.2, 0) is 20.7 Å². The van der Waals surface area contributed by atoms with Gasteiger partial charge in [0.05, 0.1) is 30.3 Å². The van der Waals surface area contributed by atoms with Crippen LogP contribution in [0.15, 0.2) is 30.3 Å². The zero-order chi connectivity index (χ0) is 17.6. The van der Waals surface area contributed by atoms with E-state index in [1.54, 1.807) is 4.90 Å². The third-order valence-electron chi connectivity index (χ3n) is 5.31. The Labute approximate surface area is 158 Å². The Bertz CT molecular complexity index is 834. The third kappa shape index (κ3) is 3.09. The van der Waals surface area contributed by atoms with E-state index < -0.39 is 0 Å². The number of ether oxygens (including phenoxy) is 1. The standard InChI is InChI=1S/C19H21N3O3.ClH/c1-12-16(13(2)22(20-12)15-6-4-3-5-7-15)8-18(23)21-9-14-11-25-19(24)17(14)10-21;/h3-7,14,17H,8-11H2,1-2H3;1H/t14-,17-;/m1./s1. The highest BCUT2D eigenvalue weighted by Crippen LogP contribution is 2.31. The normalized spacial score (nSPS) is 21.3. The van der Waals surface area contributed by atoms with Crippen molar-refractivity contribution >= 4 is 24.3 Å². The average Bonchev–Trinajstić information content (AvgIpc) is 3.26. The fourth-order valence-corrected chi connectivity index (χ4v) is 3.82. The number of carbonyl (C=O) groups excluding carboxylic acids is 2. The molecule has 4 rings (SSSR count). The van der Waals surface area contributed by atoms with Gasteiger partial charge < -0.3 is 9.64 Å². The van der Waals surface area contributed by atoms with Gasteiger partial charge in [-0.3, -0.25) is 9.59 Å². The van der Waals surface area contributed by atoms with Crippen molar-refractivity contribution in [3.05, 3.63) is 47.3 Å². The minimum absolute atomic E-state index is 0. The van der Waals surface area contributed by atoms with Crippen molar-refractivity contribution in [2.24, 2.45) is 11.8 Å². The lowest BCUT2D eigenvalue weighted by Gasteiger charge is -2.17. The van der Waals surface area contributed by atoms with Crippen LogP contribution >= 0.6 is 12.4 Å². The predicted octanol–water partition coefficient (Wildman–Crippen LogP) is 2.08. The number of rotatable bonds is 3. The maximum absolute atomic E-state index is 12.7. The molecule has 138 valence electrons. The lowest BCUT2D eigenvalue weighted by molar-refractivity contribution is -0.142. The molecule has 1 aromatic carbocycles. The molecule has 2 aliphatic rings. The summed E-state index contributed by atoms with van der Waals surface area (Å²) in [5, 5.41) is 4.60. The molecule has 0 bridgehead atoms. The van der Waals surface area contributed by atoms with Crippen LogP contribution in [0, 0.1) is 25.7 Å². The Morgan fingerprint density at radius 2 is 1.96 bits per heavy atom. The van der Waals surface area contributed by atoms with Gasteiger partial charge in [-0.25, -0.2) is 4.68 Å². The first-order chi connectivity index (χ1) is 12.0. The van der Waals surface area contributed by atoms with Crippen LogP contribution in [0.1, 0.15) is 17.0 Å². The third-order valence-corrected chi connectivity index (χ3v) is 5.31. The number of likely N-dealkylation sites (tertiary alicyclic amines) is 1. The maximum atomic E-state index is 12.7. The molecule has 0 spiro atoms. The van der Waals surface area contributed by atoms with E-state index in [1.807, 2.05) is 48.9 Å². The zero-order valence-corrected chi connectivity index (χ0v) is 15.7. The van der Waals surface area contributed by atoms with Gasteiger partial charge in [-0.15, -0.1) is 12.4 Å². The number of aromatic nitrogens is 2. The number of hydrogen-bond donors (Lipinski definition) is 0. The molecule has 26 heavy (non-hydrogen) atoms. The Balaban J connectivity index is 0.00000196.